The predicted octanol–water partition coefficient (Wildman–Crippen LogP) is 1.63. The minimum absolute atomic E-state index is 0.0384. The highest BCUT2D eigenvalue weighted by Gasteiger charge is 2.03. The molecule has 22 heavy (non-hydrogen) atoms. The molecule has 8 heteroatoms. The van der Waals surface area contributed by atoms with E-state index >= 15 is 0 Å². The number of carbonyl (C=O) groups excluding carboxylic acids is 1. The van der Waals surface area contributed by atoms with Crippen LogP contribution in [0.3, 0.4) is 0 Å². The van der Waals surface area contributed by atoms with Gasteiger partial charge < -0.3 is 21.1 Å². The van der Waals surface area contributed by atoms with Crippen LogP contribution in [0.25, 0.3) is 0 Å². The Hall–Kier alpha value is -3.52. The molecule has 112 valence electrons. The number of amides is 2. The Kier molecular flexibility index (Phi) is 6.47. The van der Waals surface area contributed by atoms with Gasteiger partial charge in [-0.15, -0.1) is 0 Å². The third-order valence-corrected chi connectivity index (χ3v) is 2.39. The van der Waals surface area contributed by atoms with E-state index in [1.165, 1.54) is 6.20 Å². The van der Waals surface area contributed by atoms with Crippen LogP contribution in [0.1, 0.15) is 6.42 Å². The maximum Gasteiger partial charge on any atom is 0.319 e. The van der Waals surface area contributed by atoms with E-state index in [1.54, 1.807) is 36.4 Å². The first-order chi connectivity index (χ1) is 10.5. The van der Waals surface area contributed by atoms with Crippen molar-refractivity contribution in [3.05, 3.63) is 36.0 Å². The summed E-state index contributed by atoms with van der Waals surface area (Å²) in [5, 5.41) is 33.3. The van der Waals surface area contributed by atoms with Gasteiger partial charge in [0.1, 0.15) is 17.7 Å². The lowest BCUT2D eigenvalue weighted by Gasteiger charge is -2.07. The lowest BCUT2D eigenvalue weighted by Crippen LogP contribution is -2.30. The number of urea groups is 1. The number of anilines is 2. The average Bonchev–Trinajstić information content (AvgIpc) is 2.49. The fourth-order valence-corrected chi connectivity index (χ4v) is 1.35. The summed E-state index contributed by atoms with van der Waals surface area (Å²) >= 11 is 0. The Morgan fingerprint density at radius 1 is 1.14 bits per heavy atom. The molecule has 0 unspecified atom stereocenters. The largest absolute Gasteiger partial charge is 0.481 e. The fraction of sp³-hybridized carbons (Fsp3) is 0.143. The average molecular weight is 299 g/mol. The highest BCUT2D eigenvalue weighted by molar-refractivity contribution is 5.89. The van der Waals surface area contributed by atoms with Gasteiger partial charge in [0, 0.05) is 24.1 Å². The monoisotopic (exact) mass is 299 g/mol. The highest BCUT2D eigenvalue weighted by Crippen LogP contribution is 2.13. The van der Waals surface area contributed by atoms with E-state index in [0.29, 0.717) is 11.4 Å². The van der Waals surface area contributed by atoms with E-state index in [-0.39, 0.29) is 18.5 Å². The molecule has 0 aliphatic carbocycles. The number of nitrogens with zero attached hydrogens (tertiary/aromatic N) is 2. The molecule has 0 saturated carbocycles. The number of hydrogen-bond donors (Lipinski definition) is 4. The van der Waals surface area contributed by atoms with Gasteiger partial charge in [-0.2, -0.15) is 10.5 Å². The lowest BCUT2D eigenvalue weighted by atomic mass is 10.2. The smallest absolute Gasteiger partial charge is 0.319 e. The molecule has 0 aliphatic rings. The Morgan fingerprint density at radius 2 is 1.73 bits per heavy atom. The lowest BCUT2D eigenvalue weighted by molar-refractivity contribution is -0.136. The van der Waals surface area contributed by atoms with Crippen LogP contribution >= 0.6 is 0 Å². The number of nitrogens with one attached hydrogen (secondary N) is 3. The molecule has 0 fully saturated rings. The normalized spacial score (nSPS) is 8.82. The van der Waals surface area contributed by atoms with Crippen LogP contribution < -0.4 is 16.0 Å². The van der Waals surface area contributed by atoms with Crippen LogP contribution in [-0.2, 0) is 4.79 Å². The summed E-state index contributed by atoms with van der Waals surface area (Å²) in [4.78, 5) is 21.8. The van der Waals surface area contributed by atoms with Crippen LogP contribution in [0.4, 0.5) is 16.2 Å². The summed E-state index contributed by atoms with van der Waals surface area (Å²) in [6.07, 6.45) is 1.13. The first-order valence-electron chi connectivity index (χ1n) is 6.18. The highest BCUT2D eigenvalue weighted by atomic mass is 16.4. The first-order valence-corrected chi connectivity index (χ1v) is 6.18. The van der Waals surface area contributed by atoms with Gasteiger partial charge in [-0.3, -0.25) is 4.79 Å². The summed E-state index contributed by atoms with van der Waals surface area (Å²) in [6, 6.07) is 9.46. The van der Waals surface area contributed by atoms with Crippen molar-refractivity contribution in [2.75, 3.05) is 17.2 Å². The first kappa shape index (κ1) is 16.5. The van der Waals surface area contributed by atoms with E-state index in [0.717, 1.165) is 0 Å². The zero-order chi connectivity index (χ0) is 16.4. The third-order valence-electron chi connectivity index (χ3n) is 2.39. The third kappa shape index (κ3) is 6.08. The molecular weight excluding hydrogens is 286 g/mol. The number of hydrogen-bond acceptors (Lipinski definition) is 5. The molecule has 1 rings (SSSR count). The fourth-order valence-electron chi connectivity index (χ4n) is 1.35. The summed E-state index contributed by atoms with van der Waals surface area (Å²) in [7, 11) is 0. The summed E-state index contributed by atoms with van der Waals surface area (Å²) in [5.41, 5.74) is 1.10. The summed E-state index contributed by atoms with van der Waals surface area (Å²) in [5.74, 6) is -0.988. The Bertz CT molecular complexity index is 637. The molecule has 1 aromatic rings. The van der Waals surface area contributed by atoms with Gasteiger partial charge in [0.05, 0.1) is 6.42 Å². The van der Waals surface area contributed by atoms with E-state index < -0.39 is 12.0 Å². The van der Waals surface area contributed by atoms with E-state index in [9.17, 15) is 9.59 Å². The number of carboxylic acids is 1. The number of benzene rings is 1. The number of nitriles is 2. The maximum absolute atomic E-state index is 11.5. The van der Waals surface area contributed by atoms with Gasteiger partial charge in [0.25, 0.3) is 0 Å². The second-order valence-electron chi connectivity index (χ2n) is 4.03. The topological polar surface area (TPSA) is 138 Å². The van der Waals surface area contributed by atoms with Crippen molar-refractivity contribution in [2.24, 2.45) is 0 Å². The number of rotatable bonds is 6. The van der Waals surface area contributed by atoms with Gasteiger partial charge in [0.15, 0.2) is 0 Å². The maximum atomic E-state index is 11.5. The van der Waals surface area contributed by atoms with Crippen molar-refractivity contribution in [3.63, 3.8) is 0 Å². The Morgan fingerprint density at radius 3 is 2.27 bits per heavy atom. The Labute approximate surface area is 126 Å². The molecule has 4 N–H and O–H groups in total. The van der Waals surface area contributed by atoms with Crippen LogP contribution in [0.5, 0.6) is 0 Å². The molecule has 0 aliphatic heterocycles. The summed E-state index contributed by atoms with van der Waals surface area (Å²) in [6.45, 7) is 0.0384. The van der Waals surface area contributed by atoms with Crippen molar-refractivity contribution in [1.82, 2.24) is 5.32 Å². The van der Waals surface area contributed by atoms with Crippen LogP contribution in [0.2, 0.25) is 0 Å². The van der Waals surface area contributed by atoms with Gasteiger partial charge in [0.2, 0.25) is 0 Å². The van der Waals surface area contributed by atoms with Gasteiger partial charge in [-0.1, -0.05) is 0 Å². The molecular formula is C14H13N5O3. The molecule has 0 saturated heterocycles. The molecule has 1 aromatic carbocycles. The number of carbonyl (C=O) groups is 2. The van der Waals surface area contributed by atoms with Crippen LogP contribution in [0.15, 0.2) is 36.0 Å². The molecule has 2 amide bonds. The second-order valence-corrected chi connectivity index (χ2v) is 4.03. The quantitative estimate of drug-likeness (QED) is 0.589. The number of aliphatic carboxylic acids is 1. The predicted molar refractivity (Wildman–Crippen MR) is 78.6 cm³/mol. The molecule has 0 spiro atoms. The van der Waals surface area contributed by atoms with E-state index in [1.807, 2.05) is 0 Å². The molecule has 0 aromatic heterocycles. The standard InChI is InChI=1S/C14H13N5O3/c15-7-10(8-16)9-18-11-1-3-12(4-2-11)19-14(22)17-6-5-13(20)21/h1-4,9,18H,5-6H2,(H,20,21)(H2,17,19,22). The molecule has 0 radical (unpaired) electrons. The zero-order valence-corrected chi connectivity index (χ0v) is 11.5. The van der Waals surface area contributed by atoms with Gasteiger partial charge >= 0.3 is 12.0 Å². The number of carboxylic acid groups (broad SMARTS) is 1. The Balaban J connectivity index is 2.50. The van der Waals surface area contributed by atoms with Crippen LogP contribution in [-0.4, -0.2) is 23.7 Å². The summed E-state index contributed by atoms with van der Waals surface area (Å²) < 4.78 is 0. The minimum atomic E-state index is -0.988. The van der Waals surface area contributed by atoms with E-state index in [4.69, 9.17) is 15.6 Å². The van der Waals surface area contributed by atoms with Crippen molar-refractivity contribution in [3.8, 4) is 12.1 Å². The van der Waals surface area contributed by atoms with Crippen molar-refractivity contribution < 1.29 is 14.7 Å². The molecule has 0 atom stereocenters. The minimum Gasteiger partial charge on any atom is -0.481 e. The van der Waals surface area contributed by atoms with Crippen LogP contribution in [0, 0.1) is 22.7 Å². The molecule has 0 heterocycles. The SMILES string of the molecule is N#CC(C#N)=CNc1ccc(NC(=O)NCCC(=O)O)cc1. The van der Waals surface area contributed by atoms with Crippen molar-refractivity contribution in [2.45, 2.75) is 6.42 Å². The second kappa shape index (κ2) is 8.61. The molecule has 0 bridgehead atoms. The zero-order valence-electron chi connectivity index (χ0n) is 11.5. The van der Waals surface area contributed by atoms with Gasteiger partial charge in [-0.05, 0) is 24.3 Å². The van der Waals surface area contributed by atoms with Gasteiger partial charge in [-0.25, -0.2) is 4.79 Å². The van der Waals surface area contributed by atoms with E-state index in [2.05, 4.69) is 16.0 Å². The molecule has 8 nitrogen and oxygen atoms in total. The van der Waals surface area contributed by atoms with Crippen molar-refractivity contribution >= 4 is 23.4 Å². The number of allylic oxidation sites excluding steroid dienone is 1. The van der Waals surface area contributed by atoms with Crippen molar-refractivity contribution in [1.29, 1.82) is 10.5 Å².